The van der Waals surface area contributed by atoms with Gasteiger partial charge < -0.3 is 4.74 Å². The number of morpholine rings is 1. The lowest BCUT2D eigenvalue weighted by molar-refractivity contribution is -0.123. The number of ether oxygens (including phenoxy) is 1. The number of sulfonamides is 1. The maximum atomic E-state index is 13.8. The van der Waals surface area contributed by atoms with Crippen molar-refractivity contribution in [2.45, 2.75) is 31.1 Å². The van der Waals surface area contributed by atoms with Crippen LogP contribution >= 0.6 is 11.3 Å². The first-order valence-electron chi connectivity index (χ1n) is 13.0. The Morgan fingerprint density at radius 2 is 1.76 bits per heavy atom. The molecule has 0 unspecified atom stereocenters. The van der Waals surface area contributed by atoms with Crippen LogP contribution in [0.3, 0.4) is 0 Å². The van der Waals surface area contributed by atoms with E-state index >= 15 is 0 Å². The summed E-state index contributed by atoms with van der Waals surface area (Å²) in [6, 6.07) is 14.9. The maximum absolute atomic E-state index is 13.8. The van der Waals surface area contributed by atoms with E-state index in [-0.39, 0.29) is 11.8 Å². The van der Waals surface area contributed by atoms with Gasteiger partial charge in [0.15, 0.2) is 5.13 Å². The molecule has 1 amide bonds. The maximum Gasteiger partial charge on any atom is 0.243 e. The van der Waals surface area contributed by atoms with Crippen molar-refractivity contribution in [2.24, 2.45) is 5.92 Å². The molecule has 0 atom stereocenters. The van der Waals surface area contributed by atoms with Gasteiger partial charge in [0.25, 0.3) is 0 Å². The minimum atomic E-state index is -3.56. The molecule has 0 N–H and O–H groups in total. The quantitative estimate of drug-likeness (QED) is 0.431. The number of aryl methyl sites for hydroxylation is 1. The number of anilines is 1. The van der Waals surface area contributed by atoms with Crippen molar-refractivity contribution in [1.82, 2.24) is 14.2 Å². The fourth-order valence-electron chi connectivity index (χ4n) is 4.98. The van der Waals surface area contributed by atoms with Crippen LogP contribution in [0.25, 0.3) is 10.2 Å². The standard InChI is InChI=1S/C27H34N4O4S2/c1-21-7-9-23(10-8-21)37(33,34)30-15-11-22(12-16-30)26(32)31(14-4-13-29-17-19-35-20-18-29)27-28-24-5-2-3-6-25(24)36-27/h2-3,5-10,22H,4,11-20H2,1H3. The number of nitrogens with zero attached hydrogens (tertiary/aromatic N) is 4. The van der Waals surface area contributed by atoms with Gasteiger partial charge in [-0.15, -0.1) is 0 Å². The lowest BCUT2D eigenvalue weighted by atomic mass is 9.96. The van der Waals surface area contributed by atoms with Crippen molar-refractivity contribution in [2.75, 3.05) is 57.4 Å². The van der Waals surface area contributed by atoms with Gasteiger partial charge in [-0.05, 0) is 50.5 Å². The van der Waals surface area contributed by atoms with Crippen LogP contribution in [0.4, 0.5) is 5.13 Å². The summed E-state index contributed by atoms with van der Waals surface area (Å²) < 4.78 is 34.3. The van der Waals surface area contributed by atoms with Crippen LogP contribution in [0.5, 0.6) is 0 Å². The molecule has 2 aliphatic rings. The highest BCUT2D eigenvalue weighted by atomic mass is 32.2. The third kappa shape index (κ3) is 6.04. The number of hydrogen-bond donors (Lipinski definition) is 0. The molecule has 0 radical (unpaired) electrons. The van der Waals surface area contributed by atoms with Gasteiger partial charge >= 0.3 is 0 Å². The number of fused-ring (bicyclic) bond motifs is 1. The van der Waals surface area contributed by atoms with Crippen LogP contribution < -0.4 is 4.90 Å². The van der Waals surface area contributed by atoms with Gasteiger partial charge in [-0.3, -0.25) is 14.6 Å². The average molecular weight is 543 g/mol. The topological polar surface area (TPSA) is 83.1 Å². The highest BCUT2D eigenvalue weighted by Gasteiger charge is 2.35. The number of para-hydroxylation sites is 1. The van der Waals surface area contributed by atoms with Crippen molar-refractivity contribution in [1.29, 1.82) is 0 Å². The Balaban J connectivity index is 1.27. The molecule has 2 fully saturated rings. The van der Waals surface area contributed by atoms with E-state index in [1.165, 1.54) is 4.31 Å². The van der Waals surface area contributed by atoms with Crippen LogP contribution in [-0.2, 0) is 19.6 Å². The number of thiazole rings is 1. The lowest BCUT2D eigenvalue weighted by Gasteiger charge is -2.33. The average Bonchev–Trinajstić information content (AvgIpc) is 3.36. The summed E-state index contributed by atoms with van der Waals surface area (Å²) in [5, 5.41) is 0.725. The molecule has 3 heterocycles. The number of rotatable bonds is 8. The fourth-order valence-corrected chi connectivity index (χ4v) is 7.44. The molecular weight excluding hydrogens is 508 g/mol. The van der Waals surface area contributed by atoms with Crippen LogP contribution in [0.15, 0.2) is 53.4 Å². The number of carbonyl (C=O) groups is 1. The highest BCUT2D eigenvalue weighted by Crippen LogP contribution is 2.32. The van der Waals surface area contributed by atoms with Gasteiger partial charge in [-0.1, -0.05) is 41.2 Å². The number of aromatic nitrogens is 1. The van der Waals surface area contributed by atoms with Crippen LogP contribution in [0.2, 0.25) is 0 Å². The van der Waals surface area contributed by atoms with Gasteiger partial charge in [0.05, 0.1) is 28.3 Å². The predicted octanol–water partition coefficient (Wildman–Crippen LogP) is 3.76. The Morgan fingerprint density at radius 1 is 1.05 bits per heavy atom. The Kier molecular flexibility index (Phi) is 8.21. The molecule has 10 heteroatoms. The van der Waals surface area contributed by atoms with Crippen LogP contribution in [-0.4, -0.2) is 81.0 Å². The zero-order valence-corrected chi connectivity index (χ0v) is 22.8. The van der Waals surface area contributed by atoms with Crippen molar-refractivity contribution >= 4 is 42.6 Å². The molecule has 198 valence electrons. The second-order valence-corrected chi connectivity index (χ2v) is 12.7. The number of carbonyl (C=O) groups excluding carboxylic acids is 1. The molecule has 8 nitrogen and oxygen atoms in total. The molecule has 2 saturated heterocycles. The number of hydrogen-bond acceptors (Lipinski definition) is 7. The van der Waals surface area contributed by atoms with E-state index in [2.05, 4.69) is 4.90 Å². The second kappa shape index (κ2) is 11.6. The SMILES string of the molecule is Cc1ccc(S(=O)(=O)N2CCC(C(=O)N(CCCN3CCOCC3)c3nc4ccccc4s3)CC2)cc1. The molecule has 3 aromatic rings. The van der Waals surface area contributed by atoms with Crippen molar-refractivity contribution in [3.05, 3.63) is 54.1 Å². The van der Waals surface area contributed by atoms with E-state index in [0.29, 0.717) is 37.4 Å². The molecular formula is C27H34N4O4S2. The molecule has 0 aliphatic carbocycles. The monoisotopic (exact) mass is 542 g/mol. The number of piperidine rings is 1. The van der Waals surface area contributed by atoms with Crippen molar-refractivity contribution in [3.8, 4) is 0 Å². The minimum absolute atomic E-state index is 0.0495. The highest BCUT2D eigenvalue weighted by molar-refractivity contribution is 7.89. The van der Waals surface area contributed by atoms with E-state index in [1.807, 2.05) is 48.2 Å². The lowest BCUT2D eigenvalue weighted by Crippen LogP contribution is -2.45. The van der Waals surface area contributed by atoms with Gasteiger partial charge in [-0.25, -0.2) is 13.4 Å². The molecule has 0 saturated carbocycles. The van der Waals surface area contributed by atoms with Gasteiger partial charge in [0.2, 0.25) is 15.9 Å². The number of amides is 1. The minimum Gasteiger partial charge on any atom is -0.379 e. The normalized spacial score (nSPS) is 18.3. The molecule has 0 bridgehead atoms. The summed E-state index contributed by atoms with van der Waals surface area (Å²) in [6.45, 7) is 7.47. The van der Waals surface area contributed by atoms with Gasteiger partial charge in [0.1, 0.15) is 0 Å². The Labute approximate surface area is 222 Å². The third-order valence-electron chi connectivity index (χ3n) is 7.20. The Bertz CT molecular complexity index is 1280. The van der Waals surface area contributed by atoms with E-state index in [9.17, 15) is 13.2 Å². The van der Waals surface area contributed by atoms with E-state index < -0.39 is 10.0 Å². The van der Waals surface area contributed by atoms with E-state index in [1.54, 1.807) is 23.5 Å². The van der Waals surface area contributed by atoms with Crippen LogP contribution in [0, 0.1) is 12.8 Å². The molecule has 5 rings (SSSR count). The van der Waals surface area contributed by atoms with Gasteiger partial charge in [-0.2, -0.15) is 4.31 Å². The molecule has 37 heavy (non-hydrogen) atoms. The Hall–Kier alpha value is -2.37. The summed E-state index contributed by atoms with van der Waals surface area (Å²) in [5.41, 5.74) is 1.92. The second-order valence-electron chi connectivity index (χ2n) is 9.75. The molecule has 1 aromatic heterocycles. The number of benzene rings is 2. The van der Waals surface area contributed by atoms with Crippen molar-refractivity contribution < 1.29 is 17.9 Å². The first kappa shape index (κ1) is 26.2. The zero-order chi connectivity index (χ0) is 25.8. The van der Waals surface area contributed by atoms with E-state index in [4.69, 9.17) is 9.72 Å². The van der Waals surface area contributed by atoms with Gasteiger partial charge in [0, 0.05) is 45.2 Å². The smallest absolute Gasteiger partial charge is 0.243 e. The summed E-state index contributed by atoms with van der Waals surface area (Å²) in [5.74, 6) is -0.173. The van der Waals surface area contributed by atoms with Crippen molar-refractivity contribution in [3.63, 3.8) is 0 Å². The Morgan fingerprint density at radius 3 is 2.46 bits per heavy atom. The molecule has 0 spiro atoms. The summed E-state index contributed by atoms with van der Waals surface area (Å²) in [6.07, 6.45) is 1.87. The molecule has 2 aromatic carbocycles. The molecule has 2 aliphatic heterocycles. The van der Waals surface area contributed by atoms with E-state index in [0.717, 1.165) is 60.2 Å². The largest absolute Gasteiger partial charge is 0.379 e. The zero-order valence-electron chi connectivity index (χ0n) is 21.2. The summed E-state index contributed by atoms with van der Waals surface area (Å²) >= 11 is 1.54. The first-order valence-corrected chi connectivity index (χ1v) is 15.2. The fraction of sp³-hybridized carbons (Fsp3) is 0.481. The van der Waals surface area contributed by atoms with Crippen LogP contribution in [0.1, 0.15) is 24.8 Å². The third-order valence-corrected chi connectivity index (χ3v) is 10.2. The predicted molar refractivity (Wildman–Crippen MR) is 147 cm³/mol. The summed E-state index contributed by atoms with van der Waals surface area (Å²) in [7, 11) is -3.56. The summed E-state index contributed by atoms with van der Waals surface area (Å²) in [4.78, 5) is 23.1. The first-order chi connectivity index (χ1) is 17.9.